The lowest BCUT2D eigenvalue weighted by atomic mass is 9.83. The van der Waals surface area contributed by atoms with Crippen molar-refractivity contribution in [2.24, 2.45) is 11.5 Å². The zero-order chi connectivity index (χ0) is 20.7. The summed E-state index contributed by atoms with van der Waals surface area (Å²) in [4.78, 5) is 13.0. The van der Waals surface area contributed by atoms with Crippen molar-refractivity contribution >= 4 is 28.2 Å². The molecule has 8 heteroatoms. The Morgan fingerprint density at radius 2 is 1.83 bits per heavy atom. The number of rotatable bonds is 4. The van der Waals surface area contributed by atoms with E-state index in [1.807, 2.05) is 6.07 Å². The van der Waals surface area contributed by atoms with Crippen molar-refractivity contribution in [3.05, 3.63) is 75.5 Å². The number of benzene rings is 2. The van der Waals surface area contributed by atoms with Gasteiger partial charge in [-0.25, -0.2) is 4.79 Å². The molecule has 0 saturated heterocycles. The van der Waals surface area contributed by atoms with E-state index in [9.17, 15) is 4.79 Å². The highest BCUT2D eigenvalue weighted by Gasteiger charge is 2.36. The first-order valence-electron chi connectivity index (χ1n) is 8.71. The molecule has 0 unspecified atom stereocenters. The molecule has 1 aromatic heterocycles. The third kappa shape index (κ3) is 2.98. The first kappa shape index (κ1) is 18.8. The van der Waals surface area contributed by atoms with Crippen LogP contribution in [0.3, 0.4) is 0 Å². The number of fused-ring (bicyclic) bond motifs is 3. The summed E-state index contributed by atoms with van der Waals surface area (Å²) in [5.74, 6) is 0.721. The molecule has 1 aliphatic rings. The fourth-order valence-electron chi connectivity index (χ4n) is 3.58. The fraction of sp³-hybridized carbons (Fsp3) is 0.143. The van der Waals surface area contributed by atoms with Gasteiger partial charge in [0, 0.05) is 0 Å². The summed E-state index contributed by atoms with van der Waals surface area (Å²) in [5, 5.41) is 0.623. The van der Waals surface area contributed by atoms with Crippen LogP contribution >= 0.6 is 12.2 Å². The van der Waals surface area contributed by atoms with Gasteiger partial charge in [-0.05, 0) is 29.8 Å². The van der Waals surface area contributed by atoms with Gasteiger partial charge in [-0.15, -0.1) is 0 Å². The van der Waals surface area contributed by atoms with Gasteiger partial charge in [0.25, 0.3) is 0 Å². The van der Waals surface area contributed by atoms with Gasteiger partial charge in [0.1, 0.15) is 10.6 Å². The minimum Gasteiger partial charge on any atom is -0.493 e. The number of hydrogen-bond donors (Lipinski definition) is 2. The Balaban J connectivity index is 2.06. The second kappa shape index (κ2) is 7.14. The monoisotopic (exact) mass is 410 g/mol. The number of hydrogen-bond acceptors (Lipinski definition) is 7. The predicted molar refractivity (Wildman–Crippen MR) is 112 cm³/mol. The van der Waals surface area contributed by atoms with Gasteiger partial charge in [0.15, 0.2) is 23.1 Å². The van der Waals surface area contributed by atoms with E-state index < -0.39 is 11.5 Å². The third-order valence-corrected chi connectivity index (χ3v) is 5.08. The molecule has 4 N–H and O–H groups in total. The van der Waals surface area contributed by atoms with Gasteiger partial charge in [-0.3, -0.25) is 0 Å². The highest BCUT2D eigenvalue weighted by atomic mass is 32.1. The van der Waals surface area contributed by atoms with E-state index in [1.165, 1.54) is 7.11 Å². The van der Waals surface area contributed by atoms with Crippen molar-refractivity contribution in [1.29, 1.82) is 0 Å². The normalized spacial score (nSPS) is 15.6. The van der Waals surface area contributed by atoms with Crippen molar-refractivity contribution < 1.29 is 18.6 Å². The molecule has 7 nitrogen and oxygen atoms in total. The molecule has 0 bridgehead atoms. The Labute approximate surface area is 171 Å². The summed E-state index contributed by atoms with van der Waals surface area (Å²) >= 11 is 5.22. The second-order valence-electron chi connectivity index (χ2n) is 6.42. The van der Waals surface area contributed by atoms with Crippen LogP contribution in [0.4, 0.5) is 0 Å². The van der Waals surface area contributed by atoms with Crippen LogP contribution in [-0.2, 0) is 0 Å². The molecule has 1 aliphatic heterocycles. The first-order valence-corrected chi connectivity index (χ1v) is 9.12. The molecule has 4 rings (SSSR count). The van der Waals surface area contributed by atoms with Crippen LogP contribution in [0.5, 0.6) is 17.2 Å². The average molecular weight is 410 g/mol. The smallest absolute Gasteiger partial charge is 0.344 e. The van der Waals surface area contributed by atoms with E-state index >= 15 is 0 Å². The van der Waals surface area contributed by atoms with Gasteiger partial charge >= 0.3 is 5.63 Å². The lowest BCUT2D eigenvalue weighted by molar-refractivity contribution is 0.354. The Morgan fingerprint density at radius 1 is 1.10 bits per heavy atom. The SMILES string of the molecule is COc1ccc([C@H]2C(C(N)=S)=C(N)Oc3c2c(=O)oc2ccccc32)cc1OC. The minimum absolute atomic E-state index is 0.0282. The lowest BCUT2D eigenvalue weighted by Gasteiger charge is -2.28. The average Bonchev–Trinajstić information content (AvgIpc) is 2.72. The van der Waals surface area contributed by atoms with Crippen molar-refractivity contribution in [3.63, 3.8) is 0 Å². The van der Waals surface area contributed by atoms with Gasteiger partial charge in [-0.2, -0.15) is 0 Å². The van der Waals surface area contributed by atoms with Gasteiger partial charge < -0.3 is 30.1 Å². The number of thiocarbonyl (C=S) groups is 1. The number of para-hydroxylation sites is 1. The highest BCUT2D eigenvalue weighted by molar-refractivity contribution is 7.80. The quantitative estimate of drug-likeness (QED) is 0.499. The van der Waals surface area contributed by atoms with E-state index in [-0.39, 0.29) is 16.4 Å². The van der Waals surface area contributed by atoms with Crippen molar-refractivity contribution in [1.82, 2.24) is 0 Å². The molecule has 148 valence electrons. The molecule has 0 radical (unpaired) electrons. The second-order valence-corrected chi connectivity index (χ2v) is 6.86. The maximum atomic E-state index is 13.0. The Hall–Kier alpha value is -3.52. The topological polar surface area (TPSA) is 110 Å². The first-order chi connectivity index (χ1) is 14.0. The summed E-state index contributed by atoms with van der Waals surface area (Å²) in [6, 6.07) is 12.3. The predicted octanol–water partition coefficient (Wildman–Crippen LogP) is 2.79. The van der Waals surface area contributed by atoms with Crippen LogP contribution < -0.4 is 31.3 Å². The van der Waals surface area contributed by atoms with Crippen molar-refractivity contribution in [2.75, 3.05) is 14.2 Å². The van der Waals surface area contributed by atoms with E-state index in [2.05, 4.69) is 0 Å². The molecule has 0 saturated carbocycles. The number of ether oxygens (including phenoxy) is 3. The van der Waals surface area contributed by atoms with Crippen LogP contribution in [-0.4, -0.2) is 19.2 Å². The van der Waals surface area contributed by atoms with Gasteiger partial charge in [0.05, 0.1) is 36.7 Å². The van der Waals surface area contributed by atoms with Crippen LogP contribution in [0.2, 0.25) is 0 Å². The maximum absolute atomic E-state index is 13.0. The zero-order valence-corrected chi connectivity index (χ0v) is 16.5. The molecular weight excluding hydrogens is 392 g/mol. The molecule has 29 heavy (non-hydrogen) atoms. The standard InChI is InChI=1S/C21H18N2O5S/c1-25-13-8-7-10(9-14(13)26-2)15-16-18(28-19(22)17(15)20(23)29)11-5-3-4-6-12(11)27-21(16)24/h3-9,15H,22H2,1-2H3,(H2,23,29)/t15-/m1/s1. The van der Waals surface area contributed by atoms with E-state index in [1.54, 1.807) is 43.5 Å². The van der Waals surface area contributed by atoms with Crippen LogP contribution in [0, 0.1) is 0 Å². The van der Waals surface area contributed by atoms with E-state index in [0.717, 1.165) is 0 Å². The molecule has 0 amide bonds. The fourth-order valence-corrected chi connectivity index (χ4v) is 3.79. The molecule has 1 atom stereocenters. The molecule has 0 aliphatic carbocycles. The molecule has 3 aromatic rings. The molecular formula is C21H18N2O5S. The summed E-state index contributed by atoms with van der Waals surface area (Å²) in [6.45, 7) is 0. The van der Waals surface area contributed by atoms with Crippen LogP contribution in [0.15, 0.2) is 63.1 Å². The summed E-state index contributed by atoms with van der Waals surface area (Å²) in [5.41, 5.74) is 13.3. The number of nitrogens with two attached hydrogens (primary N) is 2. The largest absolute Gasteiger partial charge is 0.493 e. The summed E-state index contributed by atoms with van der Waals surface area (Å²) in [6.07, 6.45) is 0. The van der Waals surface area contributed by atoms with Crippen molar-refractivity contribution in [2.45, 2.75) is 5.92 Å². The van der Waals surface area contributed by atoms with E-state index in [0.29, 0.717) is 39.4 Å². The minimum atomic E-state index is -0.683. The molecule has 2 aromatic carbocycles. The summed E-state index contributed by atoms with van der Waals surface area (Å²) < 4.78 is 22.1. The Bertz CT molecular complexity index is 1230. The summed E-state index contributed by atoms with van der Waals surface area (Å²) in [7, 11) is 3.07. The van der Waals surface area contributed by atoms with Gasteiger partial charge in [0.2, 0.25) is 0 Å². The van der Waals surface area contributed by atoms with Crippen LogP contribution in [0.1, 0.15) is 17.0 Å². The molecule has 2 heterocycles. The van der Waals surface area contributed by atoms with E-state index in [4.69, 9.17) is 42.3 Å². The van der Waals surface area contributed by atoms with Gasteiger partial charge in [-0.1, -0.05) is 30.4 Å². The van der Waals surface area contributed by atoms with Crippen LogP contribution in [0.25, 0.3) is 11.0 Å². The zero-order valence-electron chi connectivity index (χ0n) is 15.7. The lowest BCUT2D eigenvalue weighted by Crippen LogP contribution is -2.32. The maximum Gasteiger partial charge on any atom is 0.344 e. The molecule has 0 fully saturated rings. The molecule has 0 spiro atoms. The third-order valence-electron chi connectivity index (χ3n) is 4.86. The Morgan fingerprint density at radius 3 is 2.52 bits per heavy atom. The van der Waals surface area contributed by atoms with Crippen molar-refractivity contribution in [3.8, 4) is 17.2 Å². The highest BCUT2D eigenvalue weighted by Crippen LogP contribution is 2.45. The number of methoxy groups -OCH3 is 2. The Kier molecular flexibility index (Phi) is 4.63.